The van der Waals surface area contributed by atoms with E-state index in [1.165, 1.54) is 0 Å². The Morgan fingerprint density at radius 3 is 1.88 bits per heavy atom. The van der Waals surface area contributed by atoms with Gasteiger partial charge in [-0.3, -0.25) is 4.79 Å². The minimum Gasteiger partial charge on any atom is -0.748 e. The number of epoxide rings is 1. The fourth-order valence-electron chi connectivity index (χ4n) is 6.24. The highest BCUT2D eigenvalue weighted by molar-refractivity contribution is 7.84. The Kier molecular flexibility index (Phi) is 5.03. The number of quaternary nitrogens is 1. The summed E-state index contributed by atoms with van der Waals surface area (Å²) in [6, 6.07) is 17.4. The first-order chi connectivity index (χ1) is 15.4. The number of hydrogen-bond donors (Lipinski definition) is 0. The van der Waals surface area contributed by atoms with Crippen molar-refractivity contribution < 1.29 is 31.7 Å². The van der Waals surface area contributed by atoms with Crippen molar-refractivity contribution in [2.75, 3.05) is 20.4 Å². The van der Waals surface area contributed by atoms with Crippen LogP contribution in [0.3, 0.4) is 0 Å². The van der Waals surface area contributed by atoms with Crippen molar-refractivity contribution in [2.24, 2.45) is 0 Å². The van der Waals surface area contributed by atoms with Gasteiger partial charge in [-0.05, 0) is 29.2 Å². The molecule has 6 rings (SSSR count). The number of carbonyl (C=O) groups excluding carboxylic acids is 1. The maximum absolute atomic E-state index is 13.6. The maximum Gasteiger partial charge on any atom is 0.321 e. The lowest BCUT2D eigenvalue weighted by Gasteiger charge is -2.45. The fourth-order valence-corrected chi connectivity index (χ4v) is 6.24. The number of likely N-dealkylation sites (N-methyl/N-ethyl adjacent to an activating group) is 1. The molecule has 8 heteroatoms. The second kappa shape index (κ2) is 7.37. The third kappa shape index (κ3) is 3.60. The van der Waals surface area contributed by atoms with Crippen LogP contribution in [0.1, 0.15) is 30.9 Å². The van der Waals surface area contributed by atoms with E-state index in [2.05, 4.69) is 38.4 Å². The Morgan fingerprint density at radius 1 is 1.00 bits per heavy atom. The number of ether oxygens (including phenoxy) is 2. The number of benzene rings is 2. The second-order valence-corrected chi connectivity index (χ2v) is 11.7. The van der Waals surface area contributed by atoms with E-state index in [0.717, 1.165) is 39.6 Å². The molecule has 2 aromatic rings. The Morgan fingerprint density at radius 2 is 1.42 bits per heavy atom. The van der Waals surface area contributed by atoms with E-state index in [9.17, 15) is 4.79 Å². The van der Waals surface area contributed by atoms with Gasteiger partial charge in [0.15, 0.2) is 0 Å². The van der Waals surface area contributed by atoms with Gasteiger partial charge < -0.3 is 18.5 Å². The number of nitrogens with zero attached hydrogens (tertiary/aromatic N) is 1. The van der Waals surface area contributed by atoms with E-state index < -0.39 is 15.5 Å². The molecule has 3 fully saturated rings. The van der Waals surface area contributed by atoms with Crippen LogP contribution in [0.5, 0.6) is 0 Å². The van der Waals surface area contributed by atoms with Crippen molar-refractivity contribution in [3.63, 3.8) is 0 Å². The number of piperidine rings is 1. The third-order valence-corrected chi connectivity index (χ3v) is 7.94. The zero-order valence-electron chi connectivity index (χ0n) is 19.2. The standard InChI is InChI=1S/C24H26NO3.CH4O3S/c1-24(17-10-6-4-8-15(17)16-9-5-7-11-18(16)24)23(26)27-14-12-19-21-22(28-21)20(13-14)25(19,2)3;1-5(2,3)4/h4-11,14,19-22H,12-13H2,1-3H3;1H3,(H,2,3,4)/q+1;/p-1. The molecule has 4 atom stereocenters. The van der Waals surface area contributed by atoms with Crippen LogP contribution in [-0.4, -0.2) is 74.2 Å². The summed E-state index contributed by atoms with van der Waals surface area (Å²) in [4.78, 5) is 13.6. The highest BCUT2D eigenvalue weighted by Gasteiger charge is 2.71. The van der Waals surface area contributed by atoms with E-state index in [4.69, 9.17) is 22.4 Å². The topological polar surface area (TPSA) is 96.0 Å². The van der Waals surface area contributed by atoms with Crippen LogP contribution in [-0.2, 0) is 29.8 Å². The van der Waals surface area contributed by atoms with Gasteiger partial charge in [-0.15, -0.1) is 0 Å². The first-order valence-corrected chi connectivity index (χ1v) is 13.0. The third-order valence-electron chi connectivity index (χ3n) is 7.94. The molecule has 0 radical (unpaired) electrons. The first kappa shape index (κ1) is 22.5. The predicted octanol–water partition coefficient (Wildman–Crippen LogP) is 2.43. The molecule has 1 aliphatic carbocycles. The quantitative estimate of drug-likeness (QED) is 0.289. The molecule has 7 nitrogen and oxygen atoms in total. The number of rotatable bonds is 2. The number of hydrogen-bond acceptors (Lipinski definition) is 6. The molecule has 2 bridgehead atoms. The van der Waals surface area contributed by atoms with Gasteiger partial charge in [0.25, 0.3) is 0 Å². The SMILES string of the molecule is CC1(C(=O)OC2CC3C4OC4C(C2)[N+]3(C)C)c2ccccc2-c2ccccc21.CS(=O)(=O)[O-]. The summed E-state index contributed by atoms with van der Waals surface area (Å²) < 4.78 is 40.3. The van der Waals surface area contributed by atoms with Crippen molar-refractivity contribution in [2.45, 2.75) is 55.6 Å². The largest absolute Gasteiger partial charge is 0.748 e. The van der Waals surface area contributed by atoms with Crippen LogP contribution in [0.2, 0.25) is 0 Å². The van der Waals surface area contributed by atoms with Gasteiger partial charge >= 0.3 is 5.97 Å². The van der Waals surface area contributed by atoms with Crippen molar-refractivity contribution in [1.82, 2.24) is 0 Å². The van der Waals surface area contributed by atoms with E-state index >= 15 is 0 Å². The minimum atomic E-state index is -3.92. The number of fused-ring (bicyclic) bond motifs is 8. The van der Waals surface area contributed by atoms with Crippen LogP contribution >= 0.6 is 0 Å². The average molecular weight is 472 g/mol. The van der Waals surface area contributed by atoms with Crippen LogP contribution in [0, 0.1) is 0 Å². The first-order valence-electron chi connectivity index (χ1n) is 11.2. The molecule has 0 spiro atoms. The summed E-state index contributed by atoms with van der Waals surface area (Å²) in [7, 11) is 0.682. The lowest BCUT2D eigenvalue weighted by Crippen LogP contribution is -2.60. The summed E-state index contributed by atoms with van der Waals surface area (Å²) in [5.74, 6) is -0.115. The van der Waals surface area contributed by atoms with Crippen molar-refractivity contribution >= 4 is 16.1 Å². The lowest BCUT2D eigenvalue weighted by molar-refractivity contribution is -0.938. The van der Waals surface area contributed by atoms with Crippen molar-refractivity contribution in [3.05, 3.63) is 59.7 Å². The molecule has 176 valence electrons. The summed E-state index contributed by atoms with van der Waals surface area (Å²) in [6.07, 6.45) is 3.12. The average Bonchev–Trinajstić information content (AvgIpc) is 3.45. The molecule has 2 aromatic carbocycles. The van der Waals surface area contributed by atoms with E-state index in [1.54, 1.807) is 0 Å². The van der Waals surface area contributed by atoms with Gasteiger partial charge in [0.2, 0.25) is 0 Å². The molecule has 0 N–H and O–H groups in total. The molecule has 0 amide bonds. The fraction of sp³-hybridized carbons (Fsp3) is 0.480. The highest BCUT2D eigenvalue weighted by atomic mass is 32.2. The minimum absolute atomic E-state index is 0.0122. The molecule has 33 heavy (non-hydrogen) atoms. The predicted molar refractivity (Wildman–Crippen MR) is 121 cm³/mol. The van der Waals surface area contributed by atoms with Crippen LogP contribution in [0.15, 0.2) is 48.5 Å². The highest BCUT2D eigenvalue weighted by Crippen LogP contribution is 2.53. The van der Waals surface area contributed by atoms with Crippen LogP contribution in [0.25, 0.3) is 11.1 Å². The van der Waals surface area contributed by atoms with Crippen molar-refractivity contribution in [3.8, 4) is 11.1 Å². The summed E-state index contributed by atoms with van der Waals surface area (Å²) in [5.41, 5.74) is 3.67. The van der Waals surface area contributed by atoms with Crippen molar-refractivity contribution in [1.29, 1.82) is 0 Å². The second-order valence-electron chi connectivity index (χ2n) is 10.2. The lowest BCUT2D eigenvalue weighted by atomic mass is 9.80. The molecular weight excluding hydrogens is 442 g/mol. The molecule has 3 aliphatic heterocycles. The monoisotopic (exact) mass is 471 g/mol. The normalized spacial score (nSPS) is 31.4. The Labute approximate surface area is 194 Å². The van der Waals surface area contributed by atoms with Gasteiger partial charge in [-0.2, -0.15) is 0 Å². The van der Waals surface area contributed by atoms with E-state index in [0.29, 0.717) is 30.5 Å². The van der Waals surface area contributed by atoms with Crippen LogP contribution < -0.4 is 0 Å². The van der Waals surface area contributed by atoms with Gasteiger partial charge in [0.05, 0.1) is 24.2 Å². The van der Waals surface area contributed by atoms with Crippen LogP contribution in [0.4, 0.5) is 0 Å². The molecular formula is C25H29NO6S. The van der Waals surface area contributed by atoms with Gasteiger partial charge in [-0.1, -0.05) is 48.5 Å². The zero-order valence-corrected chi connectivity index (χ0v) is 20.0. The number of morpholine rings is 1. The summed E-state index contributed by atoms with van der Waals surface area (Å²) >= 11 is 0. The number of esters is 1. The molecule has 4 aliphatic rings. The zero-order chi connectivity index (χ0) is 23.8. The Hall–Kier alpha value is -2.26. The number of carbonyl (C=O) groups is 1. The smallest absolute Gasteiger partial charge is 0.321 e. The molecule has 4 unspecified atom stereocenters. The van der Waals surface area contributed by atoms with E-state index in [-0.39, 0.29) is 12.1 Å². The van der Waals surface area contributed by atoms with Gasteiger partial charge in [0, 0.05) is 19.1 Å². The van der Waals surface area contributed by atoms with Gasteiger partial charge in [-0.25, -0.2) is 8.42 Å². The summed E-state index contributed by atoms with van der Waals surface area (Å²) in [5, 5.41) is 0. The Bertz CT molecular complexity index is 1150. The molecule has 0 saturated carbocycles. The summed E-state index contributed by atoms with van der Waals surface area (Å²) in [6.45, 7) is 2.03. The van der Waals surface area contributed by atoms with E-state index in [1.807, 2.05) is 31.2 Å². The van der Waals surface area contributed by atoms with Gasteiger partial charge in [0.1, 0.15) is 35.8 Å². The molecule has 3 heterocycles. The maximum atomic E-state index is 13.6. The molecule has 3 saturated heterocycles. The molecule has 0 aromatic heterocycles. The Balaban J connectivity index is 0.000000416.